The van der Waals surface area contributed by atoms with Gasteiger partial charge in [-0.15, -0.1) is 0 Å². The van der Waals surface area contributed by atoms with Gasteiger partial charge < -0.3 is 15.4 Å². The van der Waals surface area contributed by atoms with Gasteiger partial charge in [0.1, 0.15) is 17.3 Å². The molecule has 1 heterocycles. The van der Waals surface area contributed by atoms with Gasteiger partial charge in [0.2, 0.25) is 0 Å². The second kappa shape index (κ2) is 8.12. The lowest BCUT2D eigenvalue weighted by molar-refractivity contribution is 0.102. The highest BCUT2D eigenvalue weighted by molar-refractivity contribution is 6.02. The summed E-state index contributed by atoms with van der Waals surface area (Å²) in [5.41, 5.74) is 0.954. The first kappa shape index (κ1) is 16.7. The quantitative estimate of drug-likeness (QED) is 0.819. The maximum atomic E-state index is 12.1. The fraction of sp³-hybridized carbons (Fsp3) is 0.353. The van der Waals surface area contributed by atoms with E-state index in [0.29, 0.717) is 11.5 Å². The SMILES string of the molecule is CCCNc1cnc(C(=O)Nc2ccc(OC(C)C)cc2)cn1. The molecule has 1 aromatic carbocycles. The van der Waals surface area contributed by atoms with Crippen LogP contribution in [0.2, 0.25) is 0 Å². The topological polar surface area (TPSA) is 76.1 Å². The molecular formula is C17H22N4O2. The Morgan fingerprint density at radius 2 is 1.91 bits per heavy atom. The molecule has 0 aliphatic carbocycles. The molecule has 0 spiro atoms. The summed E-state index contributed by atoms with van der Waals surface area (Å²) in [5, 5.41) is 5.90. The molecule has 0 bridgehead atoms. The van der Waals surface area contributed by atoms with E-state index in [2.05, 4.69) is 27.5 Å². The summed E-state index contributed by atoms with van der Waals surface area (Å²) in [4.78, 5) is 20.4. The number of anilines is 2. The third-order valence-electron chi connectivity index (χ3n) is 2.92. The second-order valence-corrected chi connectivity index (χ2v) is 5.36. The Bertz CT molecular complexity index is 624. The maximum Gasteiger partial charge on any atom is 0.275 e. The van der Waals surface area contributed by atoms with Gasteiger partial charge >= 0.3 is 0 Å². The highest BCUT2D eigenvalue weighted by Crippen LogP contribution is 2.17. The Morgan fingerprint density at radius 1 is 1.17 bits per heavy atom. The number of aromatic nitrogens is 2. The first-order chi connectivity index (χ1) is 11.1. The van der Waals surface area contributed by atoms with Crippen molar-refractivity contribution in [3.8, 4) is 5.75 Å². The zero-order valence-corrected chi connectivity index (χ0v) is 13.7. The lowest BCUT2D eigenvalue weighted by atomic mass is 10.3. The molecule has 1 amide bonds. The molecule has 122 valence electrons. The summed E-state index contributed by atoms with van der Waals surface area (Å²) < 4.78 is 5.56. The van der Waals surface area contributed by atoms with Crippen LogP contribution in [0.4, 0.5) is 11.5 Å². The van der Waals surface area contributed by atoms with Gasteiger partial charge in [0, 0.05) is 12.2 Å². The molecule has 2 aromatic rings. The van der Waals surface area contributed by atoms with Crippen LogP contribution in [0.5, 0.6) is 5.75 Å². The molecular weight excluding hydrogens is 292 g/mol. The van der Waals surface area contributed by atoms with E-state index in [-0.39, 0.29) is 17.7 Å². The minimum atomic E-state index is -0.294. The number of carbonyl (C=O) groups is 1. The summed E-state index contributed by atoms with van der Waals surface area (Å²) in [6, 6.07) is 7.22. The van der Waals surface area contributed by atoms with E-state index in [1.54, 1.807) is 18.3 Å². The second-order valence-electron chi connectivity index (χ2n) is 5.36. The van der Waals surface area contributed by atoms with Crippen molar-refractivity contribution >= 4 is 17.4 Å². The van der Waals surface area contributed by atoms with Crippen LogP contribution in [0.1, 0.15) is 37.7 Å². The predicted octanol–water partition coefficient (Wildman–Crippen LogP) is 3.34. The zero-order valence-electron chi connectivity index (χ0n) is 13.7. The largest absolute Gasteiger partial charge is 0.491 e. The highest BCUT2D eigenvalue weighted by atomic mass is 16.5. The highest BCUT2D eigenvalue weighted by Gasteiger charge is 2.08. The molecule has 6 nitrogen and oxygen atoms in total. The van der Waals surface area contributed by atoms with Crippen LogP contribution in [0.15, 0.2) is 36.7 Å². The minimum absolute atomic E-state index is 0.116. The third-order valence-corrected chi connectivity index (χ3v) is 2.92. The van der Waals surface area contributed by atoms with Crippen molar-refractivity contribution in [3.05, 3.63) is 42.4 Å². The average molecular weight is 314 g/mol. The van der Waals surface area contributed by atoms with Crippen LogP contribution >= 0.6 is 0 Å². The molecule has 0 saturated carbocycles. The van der Waals surface area contributed by atoms with E-state index in [4.69, 9.17) is 4.74 Å². The molecule has 0 saturated heterocycles. The van der Waals surface area contributed by atoms with Crippen molar-refractivity contribution in [2.45, 2.75) is 33.3 Å². The number of carbonyl (C=O) groups excluding carboxylic acids is 1. The van der Waals surface area contributed by atoms with Gasteiger partial charge in [-0.05, 0) is 44.5 Å². The Kier molecular flexibility index (Phi) is 5.91. The maximum absolute atomic E-state index is 12.1. The Balaban J connectivity index is 1.95. The van der Waals surface area contributed by atoms with E-state index >= 15 is 0 Å². The molecule has 0 atom stereocenters. The number of rotatable bonds is 7. The number of amides is 1. The molecule has 1 aromatic heterocycles. The van der Waals surface area contributed by atoms with Crippen molar-refractivity contribution < 1.29 is 9.53 Å². The monoisotopic (exact) mass is 314 g/mol. The van der Waals surface area contributed by atoms with E-state index in [0.717, 1.165) is 18.7 Å². The molecule has 0 aliphatic heterocycles. The van der Waals surface area contributed by atoms with Crippen LogP contribution in [0, 0.1) is 0 Å². The number of hydrogen-bond acceptors (Lipinski definition) is 5. The molecule has 0 fully saturated rings. The number of nitrogens with one attached hydrogen (secondary N) is 2. The predicted molar refractivity (Wildman–Crippen MR) is 91.0 cm³/mol. The van der Waals surface area contributed by atoms with Crippen LogP contribution < -0.4 is 15.4 Å². The van der Waals surface area contributed by atoms with Gasteiger partial charge in [-0.2, -0.15) is 0 Å². The fourth-order valence-electron chi connectivity index (χ4n) is 1.87. The zero-order chi connectivity index (χ0) is 16.7. The van der Waals surface area contributed by atoms with Crippen molar-refractivity contribution in [1.82, 2.24) is 9.97 Å². The molecule has 6 heteroatoms. The Morgan fingerprint density at radius 3 is 2.48 bits per heavy atom. The van der Waals surface area contributed by atoms with Gasteiger partial charge in [-0.25, -0.2) is 9.97 Å². The molecule has 23 heavy (non-hydrogen) atoms. The number of hydrogen-bond donors (Lipinski definition) is 2. The van der Waals surface area contributed by atoms with Gasteiger partial charge in [0.05, 0.1) is 18.5 Å². The van der Waals surface area contributed by atoms with Crippen LogP contribution in [0.25, 0.3) is 0 Å². The van der Waals surface area contributed by atoms with Crippen molar-refractivity contribution in [2.24, 2.45) is 0 Å². The van der Waals surface area contributed by atoms with E-state index in [9.17, 15) is 4.79 Å². The number of ether oxygens (including phenoxy) is 1. The van der Waals surface area contributed by atoms with Crippen LogP contribution in [-0.2, 0) is 0 Å². The Labute approximate surface area is 136 Å². The molecule has 2 rings (SSSR count). The van der Waals surface area contributed by atoms with E-state index in [1.165, 1.54) is 6.20 Å². The lowest BCUT2D eigenvalue weighted by Crippen LogP contribution is -2.14. The van der Waals surface area contributed by atoms with Crippen LogP contribution in [-0.4, -0.2) is 28.5 Å². The number of benzene rings is 1. The third kappa shape index (κ3) is 5.25. The molecule has 2 N–H and O–H groups in total. The van der Waals surface area contributed by atoms with Gasteiger partial charge in [0.25, 0.3) is 5.91 Å². The van der Waals surface area contributed by atoms with E-state index < -0.39 is 0 Å². The molecule has 0 radical (unpaired) electrons. The minimum Gasteiger partial charge on any atom is -0.491 e. The molecule has 0 aliphatic rings. The Hall–Kier alpha value is -2.63. The summed E-state index contributed by atoms with van der Waals surface area (Å²) in [7, 11) is 0. The normalized spacial score (nSPS) is 10.4. The average Bonchev–Trinajstić information content (AvgIpc) is 2.54. The fourth-order valence-corrected chi connectivity index (χ4v) is 1.87. The van der Waals surface area contributed by atoms with Gasteiger partial charge in [0.15, 0.2) is 0 Å². The van der Waals surface area contributed by atoms with Gasteiger partial charge in [-0.1, -0.05) is 6.92 Å². The van der Waals surface area contributed by atoms with E-state index in [1.807, 2.05) is 26.0 Å². The summed E-state index contributed by atoms with van der Waals surface area (Å²) in [6.45, 7) is 6.82. The first-order valence-electron chi connectivity index (χ1n) is 7.72. The molecule has 0 unspecified atom stereocenters. The van der Waals surface area contributed by atoms with Crippen molar-refractivity contribution in [3.63, 3.8) is 0 Å². The van der Waals surface area contributed by atoms with Gasteiger partial charge in [-0.3, -0.25) is 4.79 Å². The van der Waals surface area contributed by atoms with Crippen molar-refractivity contribution in [1.29, 1.82) is 0 Å². The smallest absolute Gasteiger partial charge is 0.275 e. The lowest BCUT2D eigenvalue weighted by Gasteiger charge is -2.10. The summed E-state index contributed by atoms with van der Waals surface area (Å²) in [5.74, 6) is 1.14. The standard InChI is InChI=1S/C17H22N4O2/c1-4-9-18-16-11-19-15(10-20-16)17(22)21-13-5-7-14(8-6-13)23-12(2)3/h5-8,10-12H,4,9H2,1-3H3,(H,18,20)(H,21,22). The van der Waals surface area contributed by atoms with Crippen LogP contribution in [0.3, 0.4) is 0 Å². The summed E-state index contributed by atoms with van der Waals surface area (Å²) >= 11 is 0. The summed E-state index contributed by atoms with van der Waals surface area (Å²) in [6.07, 6.45) is 4.14. The number of nitrogens with zero attached hydrogens (tertiary/aromatic N) is 2. The van der Waals surface area contributed by atoms with Crippen molar-refractivity contribution in [2.75, 3.05) is 17.2 Å². The first-order valence-corrected chi connectivity index (χ1v) is 7.72.